The SMILES string of the molecule is CC.CC1CC(COC/C=C\C2CC2)CN(c2nc(OCC34CCCN3CCC4)nc3c(F)c(-c4cc(Cl)cc5[nH]ncc45)ncc23)C1. The number of aromatic amines is 1. The van der Waals surface area contributed by atoms with Gasteiger partial charge < -0.3 is 14.4 Å². The van der Waals surface area contributed by atoms with Gasteiger partial charge in [0, 0.05) is 41.2 Å². The van der Waals surface area contributed by atoms with Gasteiger partial charge in [-0.2, -0.15) is 15.1 Å². The van der Waals surface area contributed by atoms with E-state index < -0.39 is 5.82 Å². The first-order chi connectivity index (χ1) is 23.5. The van der Waals surface area contributed by atoms with E-state index in [9.17, 15) is 0 Å². The summed E-state index contributed by atoms with van der Waals surface area (Å²) in [5.41, 5.74) is 1.66. The minimum absolute atomic E-state index is 0.0180. The molecule has 4 aromatic rings. The number of allylic oxidation sites excluding steroid dienone is 1. The summed E-state index contributed by atoms with van der Waals surface area (Å²) in [6.07, 6.45) is 16.0. The molecule has 3 aliphatic heterocycles. The number of hydrogen-bond acceptors (Lipinski definition) is 8. The van der Waals surface area contributed by atoms with E-state index in [1.54, 1.807) is 24.5 Å². The normalized spacial score (nSPS) is 22.4. The van der Waals surface area contributed by atoms with Crippen molar-refractivity contribution in [3.63, 3.8) is 0 Å². The number of rotatable bonds is 10. The second-order valence-corrected chi connectivity index (χ2v) is 14.4. The monoisotopic (exact) mass is 675 g/mol. The molecule has 8 rings (SSSR count). The van der Waals surface area contributed by atoms with Crippen molar-refractivity contribution in [2.24, 2.45) is 17.8 Å². The van der Waals surface area contributed by atoms with Crippen molar-refractivity contribution < 1.29 is 13.9 Å². The zero-order chi connectivity index (χ0) is 33.3. The highest BCUT2D eigenvalue weighted by molar-refractivity contribution is 6.31. The molecule has 0 spiro atoms. The number of halogens is 2. The highest BCUT2D eigenvalue weighted by atomic mass is 35.5. The molecule has 1 N–H and O–H groups in total. The molecule has 0 bridgehead atoms. The molecule has 6 heterocycles. The summed E-state index contributed by atoms with van der Waals surface area (Å²) in [7, 11) is 0. The van der Waals surface area contributed by atoms with Crippen molar-refractivity contribution in [1.82, 2.24) is 30.0 Å². The zero-order valence-corrected chi connectivity index (χ0v) is 29.1. The van der Waals surface area contributed by atoms with E-state index in [0.717, 1.165) is 56.7 Å². The van der Waals surface area contributed by atoms with Crippen molar-refractivity contribution in [3.8, 4) is 17.3 Å². The van der Waals surface area contributed by atoms with Gasteiger partial charge in [-0.05, 0) is 82.0 Å². The fraction of sp³-hybridized carbons (Fsp3) is 0.568. The third-order valence-corrected chi connectivity index (χ3v) is 10.6. The minimum Gasteiger partial charge on any atom is -0.461 e. The van der Waals surface area contributed by atoms with Crippen LogP contribution in [0.25, 0.3) is 33.1 Å². The van der Waals surface area contributed by atoms with Crippen LogP contribution < -0.4 is 9.64 Å². The summed E-state index contributed by atoms with van der Waals surface area (Å²) < 4.78 is 29.2. The van der Waals surface area contributed by atoms with Crippen molar-refractivity contribution in [3.05, 3.63) is 47.5 Å². The minimum atomic E-state index is -0.523. The van der Waals surface area contributed by atoms with Crippen LogP contribution in [0.15, 0.2) is 36.7 Å². The second-order valence-electron chi connectivity index (χ2n) is 13.9. The smallest absolute Gasteiger partial charge is 0.319 e. The van der Waals surface area contributed by atoms with Crippen LogP contribution in [0, 0.1) is 23.6 Å². The van der Waals surface area contributed by atoms with E-state index >= 15 is 4.39 Å². The lowest BCUT2D eigenvalue weighted by molar-refractivity contribution is 0.105. The van der Waals surface area contributed by atoms with E-state index in [4.69, 9.17) is 31.0 Å². The highest BCUT2D eigenvalue weighted by Crippen LogP contribution is 2.40. The summed E-state index contributed by atoms with van der Waals surface area (Å²) in [5.74, 6) is 1.64. The molecule has 9 nitrogen and oxygen atoms in total. The van der Waals surface area contributed by atoms with Gasteiger partial charge in [-0.25, -0.2) is 4.39 Å². The molecule has 2 unspecified atom stereocenters. The molecular weight excluding hydrogens is 629 g/mol. The number of pyridine rings is 1. The Morgan fingerprint density at radius 1 is 1.08 bits per heavy atom. The van der Waals surface area contributed by atoms with Crippen LogP contribution in [0.3, 0.4) is 0 Å². The van der Waals surface area contributed by atoms with Gasteiger partial charge >= 0.3 is 6.01 Å². The molecule has 3 aromatic heterocycles. The first kappa shape index (κ1) is 33.2. The van der Waals surface area contributed by atoms with Crippen molar-refractivity contribution >= 4 is 39.2 Å². The lowest BCUT2D eigenvalue weighted by Gasteiger charge is -2.37. The Bertz CT molecular complexity index is 1770. The van der Waals surface area contributed by atoms with Gasteiger partial charge in [0.15, 0.2) is 5.82 Å². The van der Waals surface area contributed by atoms with Gasteiger partial charge in [0.1, 0.15) is 23.6 Å². The van der Waals surface area contributed by atoms with Crippen LogP contribution in [0.2, 0.25) is 5.02 Å². The Labute approximate surface area is 287 Å². The summed E-state index contributed by atoms with van der Waals surface area (Å²) in [5, 5.41) is 8.86. The largest absolute Gasteiger partial charge is 0.461 e. The van der Waals surface area contributed by atoms with Crippen LogP contribution in [0.4, 0.5) is 10.2 Å². The van der Waals surface area contributed by atoms with Gasteiger partial charge in [0.2, 0.25) is 0 Å². The molecule has 1 aliphatic carbocycles. The molecule has 1 aromatic carbocycles. The van der Waals surface area contributed by atoms with Crippen molar-refractivity contribution in [2.45, 2.75) is 71.3 Å². The molecule has 4 aliphatic rings. The Balaban J connectivity index is 0.00000179. The van der Waals surface area contributed by atoms with Gasteiger partial charge in [-0.3, -0.25) is 15.0 Å². The molecule has 256 valence electrons. The molecular formula is C37H47ClFN7O2. The van der Waals surface area contributed by atoms with E-state index in [1.165, 1.54) is 25.7 Å². The Hall–Kier alpha value is -3.34. The first-order valence-electron chi connectivity index (χ1n) is 17.8. The number of aromatic nitrogens is 5. The molecule has 4 fully saturated rings. The molecule has 2 atom stereocenters. The van der Waals surface area contributed by atoms with Crippen LogP contribution >= 0.6 is 11.6 Å². The lowest BCUT2D eigenvalue weighted by atomic mass is 9.91. The van der Waals surface area contributed by atoms with Crippen molar-refractivity contribution in [1.29, 1.82) is 0 Å². The number of benzene rings is 1. The Morgan fingerprint density at radius 2 is 1.90 bits per heavy atom. The maximum atomic E-state index is 16.7. The maximum Gasteiger partial charge on any atom is 0.319 e. The van der Waals surface area contributed by atoms with Crippen LogP contribution in [0.5, 0.6) is 6.01 Å². The van der Waals surface area contributed by atoms with Gasteiger partial charge in [0.05, 0.1) is 35.9 Å². The van der Waals surface area contributed by atoms with Crippen molar-refractivity contribution in [2.75, 3.05) is 50.9 Å². The van der Waals surface area contributed by atoms with Crippen LogP contribution in [-0.2, 0) is 4.74 Å². The lowest BCUT2D eigenvalue weighted by Crippen LogP contribution is -2.44. The molecule has 48 heavy (non-hydrogen) atoms. The summed E-state index contributed by atoms with van der Waals surface area (Å²) in [4.78, 5) is 19.2. The maximum absolute atomic E-state index is 16.7. The average Bonchev–Trinajstić information content (AvgIpc) is 3.43. The molecule has 1 saturated carbocycles. The van der Waals surface area contributed by atoms with Crippen LogP contribution in [-0.4, -0.2) is 81.6 Å². The third kappa shape index (κ3) is 6.76. The fourth-order valence-corrected chi connectivity index (χ4v) is 8.22. The summed E-state index contributed by atoms with van der Waals surface area (Å²) in [6, 6.07) is 3.71. The quantitative estimate of drug-likeness (QED) is 0.134. The van der Waals surface area contributed by atoms with E-state index in [2.05, 4.69) is 44.1 Å². The molecule has 3 saturated heterocycles. The predicted octanol–water partition coefficient (Wildman–Crippen LogP) is 7.84. The molecule has 0 radical (unpaired) electrons. The predicted molar refractivity (Wildman–Crippen MR) is 189 cm³/mol. The topological polar surface area (TPSA) is 92.3 Å². The Morgan fingerprint density at radius 3 is 2.69 bits per heavy atom. The van der Waals surface area contributed by atoms with E-state index in [1.807, 2.05) is 13.8 Å². The number of anilines is 1. The fourth-order valence-electron chi connectivity index (χ4n) is 8.00. The summed E-state index contributed by atoms with van der Waals surface area (Å²) >= 11 is 6.43. The molecule has 11 heteroatoms. The number of fused-ring (bicyclic) bond motifs is 3. The number of H-pyrrole nitrogens is 1. The number of hydrogen-bond donors (Lipinski definition) is 1. The zero-order valence-electron chi connectivity index (χ0n) is 28.4. The Kier molecular flexibility index (Phi) is 9.85. The number of piperidine rings is 1. The van der Waals surface area contributed by atoms with Gasteiger partial charge in [-0.1, -0.05) is 44.5 Å². The molecule has 0 amide bonds. The van der Waals surface area contributed by atoms with E-state index in [-0.39, 0.29) is 22.8 Å². The highest BCUT2D eigenvalue weighted by Gasteiger charge is 2.45. The van der Waals surface area contributed by atoms with E-state index in [0.29, 0.717) is 59.0 Å². The summed E-state index contributed by atoms with van der Waals surface area (Å²) in [6.45, 7) is 11.8. The standard InChI is InChI=1S/C35H41ClFN7O2.C2H6/c1-22-13-24(20-45-12-2-5-23-6-7-23)19-43(18-22)33-28-16-38-31(26-14-25(36)15-29-27(26)17-39-42-29)30(37)32(28)40-34(41-33)46-21-35-8-3-10-44(35)11-4-9-35;1-2/h2,5,14-17,22-24H,3-4,6-13,18-21H2,1H3,(H,39,42);1-2H3/b5-2-;. The number of nitrogens with zero attached hydrogens (tertiary/aromatic N) is 6. The number of nitrogens with one attached hydrogen (secondary N) is 1. The third-order valence-electron chi connectivity index (χ3n) is 10.3. The van der Waals surface area contributed by atoms with Crippen LogP contribution in [0.1, 0.15) is 65.7 Å². The average molecular weight is 676 g/mol. The van der Waals surface area contributed by atoms with Gasteiger partial charge in [-0.15, -0.1) is 0 Å². The second kappa shape index (κ2) is 14.3. The number of ether oxygens (including phenoxy) is 2. The van der Waals surface area contributed by atoms with Gasteiger partial charge in [0.25, 0.3) is 0 Å². The first-order valence-corrected chi connectivity index (χ1v) is 18.2.